The topological polar surface area (TPSA) is 114 Å². The zero-order valence-corrected chi connectivity index (χ0v) is 18.3. The average Bonchev–Trinajstić information content (AvgIpc) is 3.38. The molecule has 0 aliphatic carbocycles. The number of anilines is 1. The maximum absolute atomic E-state index is 12.4. The second kappa shape index (κ2) is 7.63. The van der Waals surface area contributed by atoms with Crippen molar-refractivity contribution in [2.24, 2.45) is 0 Å². The SMILES string of the molecule is CC1(C)O[C@@H]2[C@H](O1)[C@@H](COC(=O)c1ccccc1)S[C@H]2n1cnc2c(N)nc(Cl)nc21. The van der Waals surface area contributed by atoms with Crippen LogP contribution in [0.4, 0.5) is 5.82 Å². The number of esters is 1. The summed E-state index contributed by atoms with van der Waals surface area (Å²) in [5.74, 6) is -0.927. The van der Waals surface area contributed by atoms with Crippen LogP contribution in [-0.2, 0) is 14.2 Å². The van der Waals surface area contributed by atoms with Gasteiger partial charge in [0, 0.05) is 0 Å². The number of benzene rings is 1. The number of ether oxygens (including phenoxy) is 3. The number of nitrogens with two attached hydrogens (primary N) is 1. The molecule has 2 aliphatic heterocycles. The third-order valence-corrected chi connectivity index (χ3v) is 6.91. The molecule has 4 atom stereocenters. The van der Waals surface area contributed by atoms with Crippen molar-refractivity contribution < 1.29 is 19.0 Å². The highest BCUT2D eigenvalue weighted by molar-refractivity contribution is 8.00. The lowest BCUT2D eigenvalue weighted by molar-refractivity contribution is -0.149. The number of halogens is 1. The Labute approximate surface area is 187 Å². The second-order valence-electron chi connectivity index (χ2n) is 7.80. The molecule has 31 heavy (non-hydrogen) atoms. The van der Waals surface area contributed by atoms with Crippen LogP contribution in [0.3, 0.4) is 0 Å². The van der Waals surface area contributed by atoms with Crippen molar-refractivity contribution in [2.75, 3.05) is 12.3 Å². The van der Waals surface area contributed by atoms with Gasteiger partial charge in [0.05, 0.1) is 17.1 Å². The third-order valence-electron chi connectivity index (χ3n) is 5.21. The Balaban J connectivity index is 1.42. The Bertz CT molecular complexity index is 1140. The number of nitrogens with zero attached hydrogens (tertiary/aromatic N) is 4. The highest BCUT2D eigenvalue weighted by Crippen LogP contribution is 2.51. The molecule has 4 heterocycles. The summed E-state index contributed by atoms with van der Waals surface area (Å²) in [5, 5.41) is -0.317. The van der Waals surface area contributed by atoms with Crippen LogP contribution in [0.2, 0.25) is 5.28 Å². The van der Waals surface area contributed by atoms with E-state index in [0.717, 1.165) is 0 Å². The molecule has 2 N–H and O–H groups in total. The van der Waals surface area contributed by atoms with Gasteiger partial charge in [-0.15, -0.1) is 11.8 Å². The van der Waals surface area contributed by atoms with Gasteiger partial charge in [0.25, 0.3) is 0 Å². The van der Waals surface area contributed by atoms with Gasteiger partial charge in [0.1, 0.15) is 29.7 Å². The number of hydrogen-bond acceptors (Lipinski definition) is 9. The predicted octanol–water partition coefficient (Wildman–Crippen LogP) is 3.05. The summed E-state index contributed by atoms with van der Waals surface area (Å²) in [4.78, 5) is 25.0. The van der Waals surface area contributed by atoms with Gasteiger partial charge in [0.15, 0.2) is 17.3 Å². The van der Waals surface area contributed by atoms with Gasteiger partial charge in [-0.1, -0.05) is 18.2 Å². The molecule has 0 spiro atoms. The number of imidazole rings is 1. The van der Waals surface area contributed by atoms with Gasteiger partial charge >= 0.3 is 5.97 Å². The molecular weight excluding hydrogens is 442 g/mol. The Morgan fingerprint density at radius 3 is 2.77 bits per heavy atom. The van der Waals surface area contributed by atoms with Gasteiger partial charge in [-0.2, -0.15) is 9.97 Å². The Kier molecular flexibility index (Phi) is 5.04. The van der Waals surface area contributed by atoms with Crippen molar-refractivity contribution in [2.45, 2.75) is 42.5 Å². The van der Waals surface area contributed by atoms with Crippen LogP contribution >= 0.6 is 23.4 Å². The fourth-order valence-corrected chi connectivity index (χ4v) is 5.62. The lowest BCUT2D eigenvalue weighted by Crippen LogP contribution is -2.32. The molecule has 2 aliphatic rings. The summed E-state index contributed by atoms with van der Waals surface area (Å²) in [5.41, 5.74) is 7.44. The van der Waals surface area contributed by atoms with Gasteiger partial charge in [-0.3, -0.25) is 4.57 Å². The minimum atomic E-state index is -0.766. The van der Waals surface area contributed by atoms with Crippen LogP contribution in [0.25, 0.3) is 11.2 Å². The second-order valence-corrected chi connectivity index (χ2v) is 9.49. The fourth-order valence-electron chi connectivity index (χ4n) is 3.93. The molecule has 0 bridgehead atoms. The van der Waals surface area contributed by atoms with E-state index in [1.807, 2.05) is 24.5 Å². The minimum absolute atomic E-state index is 0.0450. The molecule has 0 radical (unpaired) electrons. The molecule has 0 unspecified atom stereocenters. The summed E-state index contributed by atoms with van der Waals surface area (Å²) in [6, 6.07) is 8.89. The molecule has 11 heteroatoms. The normalized spacial score (nSPS) is 26.8. The molecule has 9 nitrogen and oxygen atoms in total. The number of carbonyl (C=O) groups excluding carboxylic acids is 1. The van der Waals surface area contributed by atoms with Crippen molar-refractivity contribution in [1.29, 1.82) is 0 Å². The van der Waals surface area contributed by atoms with E-state index in [4.69, 9.17) is 31.5 Å². The summed E-state index contributed by atoms with van der Waals surface area (Å²) in [6.45, 7) is 3.91. The first kappa shape index (κ1) is 20.5. The predicted molar refractivity (Wildman–Crippen MR) is 116 cm³/mol. The Hall–Kier alpha value is -2.40. The Morgan fingerprint density at radius 1 is 1.26 bits per heavy atom. The van der Waals surface area contributed by atoms with Crippen molar-refractivity contribution in [3.8, 4) is 0 Å². The van der Waals surface area contributed by atoms with Gasteiger partial charge in [0.2, 0.25) is 5.28 Å². The summed E-state index contributed by atoms with van der Waals surface area (Å²) in [6.07, 6.45) is 1.07. The van der Waals surface area contributed by atoms with E-state index in [0.29, 0.717) is 16.7 Å². The van der Waals surface area contributed by atoms with E-state index >= 15 is 0 Å². The van der Waals surface area contributed by atoms with E-state index in [-0.39, 0.29) is 46.5 Å². The maximum Gasteiger partial charge on any atom is 0.338 e. The van der Waals surface area contributed by atoms with Crippen LogP contribution < -0.4 is 5.73 Å². The highest BCUT2D eigenvalue weighted by atomic mass is 35.5. The smallest absolute Gasteiger partial charge is 0.338 e. The summed E-state index contributed by atoms with van der Waals surface area (Å²) >= 11 is 7.60. The zero-order chi connectivity index (χ0) is 21.8. The third kappa shape index (κ3) is 3.73. The van der Waals surface area contributed by atoms with Gasteiger partial charge < -0.3 is 19.9 Å². The number of rotatable bonds is 4. The molecule has 0 saturated carbocycles. The first-order valence-corrected chi connectivity index (χ1v) is 11.0. The van der Waals surface area contributed by atoms with E-state index in [1.54, 1.807) is 42.4 Å². The number of nitrogen functional groups attached to an aromatic ring is 1. The first-order valence-electron chi connectivity index (χ1n) is 9.71. The van der Waals surface area contributed by atoms with E-state index < -0.39 is 5.79 Å². The summed E-state index contributed by atoms with van der Waals surface area (Å²) < 4.78 is 19.8. The van der Waals surface area contributed by atoms with Gasteiger partial charge in [-0.05, 0) is 37.6 Å². The van der Waals surface area contributed by atoms with Crippen LogP contribution in [0.15, 0.2) is 36.7 Å². The molecule has 2 fully saturated rings. The van der Waals surface area contributed by atoms with Crippen molar-refractivity contribution >= 4 is 46.3 Å². The van der Waals surface area contributed by atoms with Crippen LogP contribution in [0.1, 0.15) is 29.6 Å². The number of aromatic nitrogens is 4. The molecule has 2 aromatic heterocycles. The average molecular weight is 462 g/mol. The molecular formula is C20H20ClN5O4S. The number of carbonyl (C=O) groups is 1. The number of thioether (sulfide) groups is 1. The number of fused-ring (bicyclic) bond motifs is 2. The van der Waals surface area contributed by atoms with E-state index in [1.165, 1.54) is 0 Å². The van der Waals surface area contributed by atoms with Crippen molar-refractivity contribution in [3.05, 3.63) is 47.5 Å². The monoisotopic (exact) mass is 461 g/mol. The Morgan fingerprint density at radius 2 is 2.00 bits per heavy atom. The van der Waals surface area contributed by atoms with Crippen molar-refractivity contribution in [1.82, 2.24) is 19.5 Å². The number of hydrogen-bond donors (Lipinski definition) is 1. The zero-order valence-electron chi connectivity index (χ0n) is 16.8. The fraction of sp³-hybridized carbons (Fsp3) is 0.400. The standard InChI is InChI=1S/C20H20ClN5O4S/c1-20(2)29-13-11(8-28-18(27)10-6-4-3-5-7-10)31-17(14(13)30-20)26-9-23-12-15(22)24-19(21)25-16(12)26/h3-7,9,11,13-14,17H,8H2,1-2H3,(H2,22,24,25)/t11-,13-,14-,17-/m1/s1. The van der Waals surface area contributed by atoms with Crippen LogP contribution in [-0.4, -0.2) is 55.3 Å². The van der Waals surface area contributed by atoms with Crippen LogP contribution in [0.5, 0.6) is 0 Å². The molecule has 1 aromatic carbocycles. The first-order chi connectivity index (χ1) is 14.8. The largest absolute Gasteiger partial charge is 0.461 e. The highest BCUT2D eigenvalue weighted by Gasteiger charge is 2.56. The lowest BCUT2D eigenvalue weighted by atomic mass is 10.1. The molecule has 5 rings (SSSR count). The molecule has 0 amide bonds. The quantitative estimate of drug-likeness (QED) is 0.462. The van der Waals surface area contributed by atoms with E-state index in [9.17, 15) is 4.79 Å². The van der Waals surface area contributed by atoms with E-state index in [2.05, 4.69) is 15.0 Å². The molecule has 3 aromatic rings. The van der Waals surface area contributed by atoms with Crippen LogP contribution in [0, 0.1) is 0 Å². The van der Waals surface area contributed by atoms with Crippen molar-refractivity contribution in [3.63, 3.8) is 0 Å². The summed E-state index contributed by atoms with van der Waals surface area (Å²) in [7, 11) is 0. The van der Waals surface area contributed by atoms with Gasteiger partial charge in [-0.25, -0.2) is 9.78 Å². The minimum Gasteiger partial charge on any atom is -0.461 e. The lowest BCUT2D eigenvalue weighted by Gasteiger charge is -2.24. The molecule has 2 saturated heterocycles. The maximum atomic E-state index is 12.4. The molecule has 162 valence electrons.